The molecule has 7 rings (SSSR count). The van der Waals surface area contributed by atoms with Crippen molar-refractivity contribution in [1.29, 1.82) is 5.26 Å². The fourth-order valence-electron chi connectivity index (χ4n) is 10.8. The first-order chi connectivity index (χ1) is 30.4. The van der Waals surface area contributed by atoms with Crippen LogP contribution in [0.4, 0.5) is 0 Å². The highest BCUT2D eigenvalue weighted by atomic mass is 16.7. The van der Waals surface area contributed by atoms with Crippen molar-refractivity contribution in [3.8, 4) is 6.07 Å². The molecule has 0 aromatic carbocycles. The zero-order valence-corrected chi connectivity index (χ0v) is 39.2. The Morgan fingerprint density at radius 2 is 1.73 bits per heavy atom. The number of hydrogen-bond acceptors (Lipinski definition) is 15. The van der Waals surface area contributed by atoms with Crippen LogP contribution in [0.3, 0.4) is 0 Å². The van der Waals surface area contributed by atoms with E-state index >= 15 is 0 Å². The van der Waals surface area contributed by atoms with E-state index in [1.807, 2.05) is 32.1 Å². The molecular weight excluding hydrogens is 825 g/mol. The lowest BCUT2D eigenvalue weighted by Gasteiger charge is -2.48. The smallest absolute Gasteiger partial charge is 0.316 e. The van der Waals surface area contributed by atoms with E-state index in [4.69, 9.17) is 53.1 Å². The Hall–Kier alpha value is -2.82. The Labute approximate surface area is 378 Å². The van der Waals surface area contributed by atoms with Crippen molar-refractivity contribution in [1.82, 2.24) is 0 Å². The summed E-state index contributed by atoms with van der Waals surface area (Å²) in [4.78, 5) is 14.4. The van der Waals surface area contributed by atoms with Gasteiger partial charge in [-0.1, -0.05) is 70.6 Å². The van der Waals surface area contributed by atoms with Crippen LogP contribution in [0.25, 0.3) is 0 Å². The van der Waals surface area contributed by atoms with Gasteiger partial charge in [0.25, 0.3) is 0 Å². The van der Waals surface area contributed by atoms with Gasteiger partial charge in [0.1, 0.15) is 35.9 Å². The first-order valence-corrected chi connectivity index (χ1v) is 23.3. The molecule has 4 unspecified atom stereocenters. The molecule has 64 heavy (non-hydrogen) atoms. The average molecular weight is 897 g/mol. The number of nitrogens with two attached hydrogens (primary N) is 1. The summed E-state index contributed by atoms with van der Waals surface area (Å²) in [5, 5.41) is 33.6. The molecule has 20 atom stereocenters. The molecule has 6 aliphatic heterocycles. The van der Waals surface area contributed by atoms with Gasteiger partial charge in [-0.3, -0.25) is 4.79 Å². The molecular formula is C49H72N2O13. The van der Waals surface area contributed by atoms with Crippen LogP contribution in [-0.2, 0) is 52.2 Å². The Morgan fingerprint density at radius 1 is 0.984 bits per heavy atom. The van der Waals surface area contributed by atoms with E-state index in [0.717, 1.165) is 12.0 Å². The van der Waals surface area contributed by atoms with Crippen molar-refractivity contribution in [2.24, 2.45) is 29.4 Å². The van der Waals surface area contributed by atoms with Crippen LogP contribution in [-0.4, -0.2) is 134 Å². The van der Waals surface area contributed by atoms with E-state index in [1.165, 1.54) is 7.11 Å². The van der Waals surface area contributed by atoms with E-state index in [-0.39, 0.29) is 43.3 Å². The maximum atomic E-state index is 14.4. The molecule has 4 saturated heterocycles. The fraction of sp³-hybridized carbons (Fsp3) is 0.755. The molecule has 7 aliphatic rings. The molecule has 0 amide bonds. The number of ether oxygens (including phenoxy) is 10. The predicted molar refractivity (Wildman–Crippen MR) is 234 cm³/mol. The number of fused-ring (bicyclic) bond motifs is 2. The predicted octanol–water partition coefficient (Wildman–Crippen LogP) is 5.24. The maximum Gasteiger partial charge on any atom is 0.316 e. The highest BCUT2D eigenvalue weighted by molar-refractivity contribution is 5.78. The van der Waals surface area contributed by atoms with Gasteiger partial charge in [0.15, 0.2) is 23.9 Å². The van der Waals surface area contributed by atoms with Crippen LogP contribution in [0.1, 0.15) is 93.9 Å². The van der Waals surface area contributed by atoms with Crippen molar-refractivity contribution in [2.45, 2.75) is 191 Å². The maximum absolute atomic E-state index is 14.4. The van der Waals surface area contributed by atoms with E-state index < -0.39 is 102 Å². The zero-order chi connectivity index (χ0) is 46.3. The lowest BCUT2D eigenvalue weighted by molar-refractivity contribution is -0.314. The molecule has 2 bridgehead atoms. The minimum Gasteiger partial charge on any atom is -0.462 e. The molecule has 4 fully saturated rings. The third-order valence-electron chi connectivity index (χ3n) is 15.0. The van der Waals surface area contributed by atoms with Crippen LogP contribution in [0.15, 0.2) is 59.3 Å². The van der Waals surface area contributed by atoms with Gasteiger partial charge < -0.3 is 63.3 Å². The van der Waals surface area contributed by atoms with Gasteiger partial charge in [-0.15, -0.1) is 0 Å². The average Bonchev–Trinajstić information content (AvgIpc) is 3.61. The number of esters is 1. The second kappa shape index (κ2) is 19.8. The molecule has 0 aromatic rings. The zero-order valence-electron chi connectivity index (χ0n) is 39.2. The highest BCUT2D eigenvalue weighted by Gasteiger charge is 2.60. The monoisotopic (exact) mass is 897 g/mol. The molecule has 6 heterocycles. The van der Waals surface area contributed by atoms with E-state index in [1.54, 1.807) is 33.1 Å². The number of aliphatic hydroxyl groups excluding tert-OH is 1. The minimum atomic E-state index is -1.85. The van der Waals surface area contributed by atoms with Gasteiger partial charge in [0, 0.05) is 51.7 Å². The quantitative estimate of drug-likeness (QED) is 0.211. The summed E-state index contributed by atoms with van der Waals surface area (Å²) in [6.07, 6.45) is 8.39. The summed E-state index contributed by atoms with van der Waals surface area (Å²) >= 11 is 0. The third-order valence-corrected chi connectivity index (χ3v) is 15.0. The Balaban J connectivity index is 1.18. The standard InChI is InChI=1S/C49H72N2O13/c1-11-26(2)43-29(5)17-18-47(64-43)23-35-20-34(63-47)16-15-28(4)42(27(3)13-12-14-33-24-57-45-41(52)30(6)19-36(46(53)60-35)49(33,45)54)61-39-21-37(55-9)44(31(7)58-39)62-40-22-38(56-10)48(51,25-50)32(8)59-40/h12-15,17-19,26-27,29,31-32,34-45,52,54H,11,16,20-24,51H2,1-10H3/b13-12+,28-15+,33-14+/t26?,27?,29-,31-,32-,34+,35-,36-,37-,38-,39?,40-,41+,42-,43+,44-,45?,47+,48+,49+/m0/s1. The van der Waals surface area contributed by atoms with Gasteiger partial charge in [0.05, 0.1) is 55.4 Å². The highest BCUT2D eigenvalue weighted by Crippen LogP contribution is 2.47. The fourth-order valence-corrected chi connectivity index (χ4v) is 10.8. The largest absolute Gasteiger partial charge is 0.462 e. The van der Waals surface area contributed by atoms with Crippen molar-refractivity contribution in [3.63, 3.8) is 0 Å². The number of carbonyl (C=O) groups is 1. The first kappa shape index (κ1) is 49.1. The Kier molecular flexibility index (Phi) is 15.2. The lowest BCUT2D eigenvalue weighted by atomic mass is 9.71. The van der Waals surface area contributed by atoms with Crippen molar-refractivity contribution >= 4 is 5.97 Å². The third kappa shape index (κ3) is 9.50. The second-order valence-corrected chi connectivity index (χ2v) is 19.4. The second-order valence-electron chi connectivity index (χ2n) is 19.4. The molecule has 15 nitrogen and oxygen atoms in total. The molecule has 15 heteroatoms. The van der Waals surface area contributed by atoms with Crippen molar-refractivity contribution < 1.29 is 62.4 Å². The minimum absolute atomic E-state index is 0.0226. The van der Waals surface area contributed by atoms with E-state index in [9.17, 15) is 20.3 Å². The number of aliphatic hydroxyl groups is 2. The van der Waals surface area contributed by atoms with Crippen LogP contribution in [0.5, 0.6) is 0 Å². The number of carbonyl (C=O) groups excluding carboxylic acids is 1. The van der Waals surface area contributed by atoms with Gasteiger partial charge in [-0.05, 0) is 62.8 Å². The summed E-state index contributed by atoms with van der Waals surface area (Å²) in [5.74, 6) is -2.62. The molecule has 0 radical (unpaired) electrons. The normalized spacial score (nSPS) is 49.0. The van der Waals surface area contributed by atoms with Crippen LogP contribution in [0.2, 0.25) is 0 Å². The number of methoxy groups -OCH3 is 2. The van der Waals surface area contributed by atoms with Crippen LogP contribution < -0.4 is 5.73 Å². The van der Waals surface area contributed by atoms with Crippen LogP contribution >= 0.6 is 0 Å². The first-order valence-electron chi connectivity index (χ1n) is 23.3. The SMILES string of the molecule is CCC(C)[C@H]1O[C@]2(C=C[C@@H]1C)C[C@@H]1C[C@@H](C/C=C(\C)[C@@H](OC3C[C@H](OC)[C@@H](O[C@H]4C[C@H](OC)[C@@](N)(C#N)[C@H](C)O4)[C@H](C)O3)C(C)/C=C/C=C3\COC4[C@H](O)C(C)=C[C@@H](C(=O)O1)[C@]34O)O2. The van der Waals surface area contributed by atoms with Gasteiger partial charge >= 0.3 is 5.97 Å². The Bertz CT molecular complexity index is 1880. The van der Waals surface area contributed by atoms with Crippen LogP contribution in [0, 0.1) is 35.0 Å². The topological polar surface area (TPSA) is 200 Å². The summed E-state index contributed by atoms with van der Waals surface area (Å²) in [5.41, 5.74) is 5.16. The van der Waals surface area contributed by atoms with E-state index in [0.29, 0.717) is 30.4 Å². The van der Waals surface area contributed by atoms with Crippen molar-refractivity contribution in [3.05, 3.63) is 59.3 Å². The molecule has 4 N–H and O–H groups in total. The van der Waals surface area contributed by atoms with Gasteiger partial charge in [-0.25, -0.2) is 0 Å². The number of allylic oxidation sites excluding steroid dienone is 2. The molecule has 1 aliphatic carbocycles. The van der Waals surface area contributed by atoms with Crippen molar-refractivity contribution in [2.75, 3.05) is 20.8 Å². The summed E-state index contributed by atoms with van der Waals surface area (Å²) in [6, 6.07) is 2.16. The number of rotatable bonds is 8. The summed E-state index contributed by atoms with van der Waals surface area (Å²) < 4.78 is 63.9. The molecule has 0 aromatic heterocycles. The summed E-state index contributed by atoms with van der Waals surface area (Å²) in [7, 11) is 3.16. The number of hydrogen-bond donors (Lipinski definition) is 3. The number of nitrogens with zero attached hydrogens (tertiary/aromatic N) is 1. The van der Waals surface area contributed by atoms with Gasteiger partial charge in [0.2, 0.25) is 0 Å². The summed E-state index contributed by atoms with van der Waals surface area (Å²) in [6.45, 7) is 16.0. The number of nitriles is 1. The molecule has 1 spiro atoms. The Morgan fingerprint density at radius 3 is 2.44 bits per heavy atom. The van der Waals surface area contributed by atoms with E-state index in [2.05, 4.69) is 45.9 Å². The van der Waals surface area contributed by atoms with Gasteiger partial charge in [-0.2, -0.15) is 5.26 Å². The molecule has 356 valence electrons. The molecule has 0 saturated carbocycles. The lowest BCUT2D eigenvalue weighted by Crippen LogP contribution is -2.64.